The van der Waals surface area contributed by atoms with Gasteiger partial charge in [-0.25, -0.2) is 10.1 Å². The highest BCUT2D eigenvalue weighted by atomic mass is 17.1. The van der Waals surface area contributed by atoms with Crippen LogP contribution in [0.4, 0.5) is 0 Å². The van der Waals surface area contributed by atoms with Crippen LogP contribution in [-0.2, 0) is 23.9 Å². The molecule has 8 atom stereocenters. The first-order valence-corrected chi connectivity index (χ1v) is 11.0. The van der Waals surface area contributed by atoms with Crippen LogP contribution in [0.15, 0.2) is 0 Å². The zero-order valence-electron chi connectivity index (χ0n) is 17.7. The van der Waals surface area contributed by atoms with Crippen molar-refractivity contribution in [2.24, 2.45) is 28.6 Å². The molecule has 1 N–H and O–H groups in total. The summed E-state index contributed by atoms with van der Waals surface area (Å²) in [5.74, 6) is 0.0475. The molecule has 0 aromatic heterocycles. The largest absolute Gasteiger partial charge is 0.462 e. The van der Waals surface area contributed by atoms with E-state index in [1.165, 1.54) is 32.6 Å². The third-order valence-corrected chi connectivity index (χ3v) is 8.92. The van der Waals surface area contributed by atoms with E-state index in [-0.39, 0.29) is 17.5 Å². The highest BCUT2D eigenvalue weighted by Gasteiger charge is 2.66. The lowest BCUT2D eigenvalue weighted by Crippen LogP contribution is -2.60. The third kappa shape index (κ3) is 3.03. The first-order chi connectivity index (χ1) is 13.3. The minimum atomic E-state index is -1.21. The highest BCUT2D eigenvalue weighted by Crippen LogP contribution is 2.66. The van der Waals surface area contributed by atoms with Crippen molar-refractivity contribution in [3.8, 4) is 0 Å². The number of methoxy groups -OCH3 is 1. The Bertz CT molecular complexity index is 610. The van der Waals surface area contributed by atoms with E-state index < -0.39 is 12.1 Å². The van der Waals surface area contributed by atoms with Crippen molar-refractivity contribution < 1.29 is 29.1 Å². The molecule has 0 radical (unpaired) electrons. The number of carbonyl (C=O) groups is 1. The number of carbonyl (C=O) groups excluding carboxylic acids is 1. The van der Waals surface area contributed by atoms with Gasteiger partial charge in [0.05, 0.1) is 0 Å². The van der Waals surface area contributed by atoms with Crippen LogP contribution in [-0.4, -0.2) is 36.5 Å². The van der Waals surface area contributed by atoms with Crippen molar-refractivity contribution >= 4 is 5.97 Å². The number of esters is 1. The van der Waals surface area contributed by atoms with Gasteiger partial charge in [-0.2, -0.15) is 0 Å². The molecule has 3 saturated carbocycles. The Labute approximate surface area is 168 Å². The maximum absolute atomic E-state index is 11.5. The number of rotatable bonds is 3. The molecule has 1 aliphatic heterocycles. The van der Waals surface area contributed by atoms with Crippen molar-refractivity contribution in [2.75, 3.05) is 7.11 Å². The van der Waals surface area contributed by atoms with E-state index in [1.807, 2.05) is 0 Å². The van der Waals surface area contributed by atoms with Gasteiger partial charge in [0.15, 0.2) is 6.29 Å². The van der Waals surface area contributed by atoms with Crippen LogP contribution in [0.5, 0.6) is 0 Å². The second-order valence-electron chi connectivity index (χ2n) is 10.2. The quantitative estimate of drug-likeness (QED) is 0.429. The topological polar surface area (TPSA) is 74.2 Å². The molecule has 0 spiro atoms. The van der Waals surface area contributed by atoms with Crippen molar-refractivity contribution in [2.45, 2.75) is 96.7 Å². The Morgan fingerprint density at radius 3 is 2.57 bits per heavy atom. The monoisotopic (exact) mass is 396 g/mol. The van der Waals surface area contributed by atoms with Crippen molar-refractivity contribution in [1.29, 1.82) is 0 Å². The Balaban J connectivity index is 1.71. The SMILES string of the molecule is CO[C@H]1C[C@H]2[C@@H]3CCC[C@@]3(C)CC[C@@H]2[C@@]2(C)CC[C@H](OC(C)=O)C[C@]2(OO)O1. The van der Waals surface area contributed by atoms with Gasteiger partial charge in [0.25, 0.3) is 0 Å². The fourth-order valence-corrected chi connectivity index (χ4v) is 7.46. The molecule has 6 nitrogen and oxygen atoms in total. The number of ether oxygens (including phenoxy) is 3. The van der Waals surface area contributed by atoms with Crippen LogP contribution >= 0.6 is 0 Å². The molecule has 4 rings (SSSR count). The van der Waals surface area contributed by atoms with Crippen molar-refractivity contribution in [3.63, 3.8) is 0 Å². The third-order valence-electron chi connectivity index (χ3n) is 8.92. The van der Waals surface area contributed by atoms with Crippen molar-refractivity contribution in [3.05, 3.63) is 0 Å². The highest BCUT2D eigenvalue weighted by molar-refractivity contribution is 5.66. The van der Waals surface area contributed by atoms with E-state index in [4.69, 9.17) is 19.1 Å². The Hall–Kier alpha value is -0.690. The molecule has 6 heteroatoms. The zero-order valence-corrected chi connectivity index (χ0v) is 17.7. The summed E-state index contributed by atoms with van der Waals surface area (Å²) in [6.07, 6.45) is 8.23. The van der Waals surface area contributed by atoms with E-state index in [9.17, 15) is 10.1 Å². The fourth-order valence-electron chi connectivity index (χ4n) is 7.46. The molecule has 4 fully saturated rings. The van der Waals surface area contributed by atoms with Crippen LogP contribution in [0.25, 0.3) is 0 Å². The summed E-state index contributed by atoms with van der Waals surface area (Å²) in [4.78, 5) is 16.7. The van der Waals surface area contributed by atoms with Gasteiger partial charge in [0, 0.05) is 32.3 Å². The summed E-state index contributed by atoms with van der Waals surface area (Å²) in [7, 11) is 1.66. The first-order valence-electron chi connectivity index (χ1n) is 11.0. The molecule has 0 aromatic carbocycles. The van der Waals surface area contributed by atoms with Gasteiger partial charge in [0.2, 0.25) is 5.79 Å². The van der Waals surface area contributed by atoms with Gasteiger partial charge in [-0.1, -0.05) is 20.3 Å². The molecule has 0 unspecified atom stereocenters. The van der Waals surface area contributed by atoms with Crippen LogP contribution in [0.1, 0.15) is 78.6 Å². The summed E-state index contributed by atoms with van der Waals surface area (Å²) in [5.41, 5.74) is 0.0676. The normalized spacial score (nSPS) is 50.8. The van der Waals surface area contributed by atoms with Gasteiger partial charge in [-0.15, -0.1) is 0 Å². The molecular formula is C22H36O6. The second kappa shape index (κ2) is 7.22. The van der Waals surface area contributed by atoms with Crippen LogP contribution in [0.2, 0.25) is 0 Å². The molecule has 4 aliphatic rings. The van der Waals surface area contributed by atoms with Gasteiger partial charge < -0.3 is 14.2 Å². The summed E-state index contributed by atoms with van der Waals surface area (Å²) in [6.45, 7) is 6.09. The summed E-state index contributed by atoms with van der Waals surface area (Å²) in [6, 6.07) is 0. The summed E-state index contributed by atoms with van der Waals surface area (Å²) < 4.78 is 17.6. The van der Waals surface area contributed by atoms with E-state index in [1.54, 1.807) is 7.11 Å². The minimum absolute atomic E-state index is 0.309. The lowest BCUT2D eigenvalue weighted by molar-refractivity contribution is -0.471. The van der Waals surface area contributed by atoms with Gasteiger partial charge >= 0.3 is 5.97 Å². The molecule has 160 valence electrons. The predicted molar refractivity (Wildman–Crippen MR) is 102 cm³/mol. The molecule has 0 aromatic rings. The Morgan fingerprint density at radius 2 is 1.89 bits per heavy atom. The molecule has 1 heterocycles. The lowest BCUT2D eigenvalue weighted by atomic mass is 9.50. The maximum atomic E-state index is 11.5. The molecule has 0 bridgehead atoms. The van der Waals surface area contributed by atoms with Gasteiger partial charge in [-0.05, 0) is 61.7 Å². The second-order valence-corrected chi connectivity index (χ2v) is 10.2. The molecule has 28 heavy (non-hydrogen) atoms. The van der Waals surface area contributed by atoms with Crippen LogP contribution in [0.3, 0.4) is 0 Å². The first kappa shape index (κ1) is 20.6. The Kier molecular flexibility index (Phi) is 5.31. The van der Waals surface area contributed by atoms with E-state index >= 15 is 0 Å². The molecule has 3 aliphatic carbocycles. The van der Waals surface area contributed by atoms with Gasteiger partial charge in [-0.3, -0.25) is 4.79 Å². The average molecular weight is 397 g/mol. The smallest absolute Gasteiger partial charge is 0.302 e. The molecule has 1 saturated heterocycles. The number of fused-ring (bicyclic) bond motifs is 5. The number of hydrogen-bond donors (Lipinski definition) is 1. The molecular weight excluding hydrogens is 360 g/mol. The van der Waals surface area contributed by atoms with Crippen LogP contribution in [0, 0.1) is 28.6 Å². The standard InChI is InChI=1S/C22H36O6/c1-14(23)26-15-7-11-21(3)18-8-10-20(2)9-5-6-17(20)16(18)12-19(25-4)27-22(21,13-15)28-24/h15-19,24H,5-13H2,1-4H3/t15-,16-,17-,18-,19+,20-,21+,22+/m0/s1. The molecule has 0 amide bonds. The predicted octanol–water partition coefficient (Wildman–Crippen LogP) is 4.52. The minimum Gasteiger partial charge on any atom is -0.462 e. The van der Waals surface area contributed by atoms with Gasteiger partial charge in [0.1, 0.15) is 6.10 Å². The number of hydrogen-bond acceptors (Lipinski definition) is 6. The zero-order chi connectivity index (χ0) is 20.2. The van der Waals surface area contributed by atoms with Crippen LogP contribution < -0.4 is 0 Å². The van der Waals surface area contributed by atoms with E-state index in [0.717, 1.165) is 25.7 Å². The fraction of sp³-hybridized carbons (Fsp3) is 0.955. The van der Waals surface area contributed by atoms with E-state index in [0.29, 0.717) is 29.6 Å². The van der Waals surface area contributed by atoms with Crippen molar-refractivity contribution in [1.82, 2.24) is 0 Å². The van der Waals surface area contributed by atoms with E-state index in [2.05, 4.69) is 13.8 Å². The average Bonchev–Trinajstić information content (AvgIpc) is 3.00. The maximum Gasteiger partial charge on any atom is 0.302 e. The Morgan fingerprint density at radius 1 is 1.11 bits per heavy atom. The lowest BCUT2D eigenvalue weighted by Gasteiger charge is -2.57. The summed E-state index contributed by atoms with van der Waals surface area (Å²) in [5, 5.41) is 10.1. The summed E-state index contributed by atoms with van der Waals surface area (Å²) >= 11 is 0.